The van der Waals surface area contributed by atoms with Gasteiger partial charge in [0.15, 0.2) is 26.7 Å². The maximum atomic E-state index is 13.8. The van der Waals surface area contributed by atoms with Gasteiger partial charge in [0.2, 0.25) is 5.95 Å². The monoisotopic (exact) mass is 617 g/mol. The van der Waals surface area contributed by atoms with Crippen molar-refractivity contribution in [2.75, 3.05) is 31.1 Å². The summed E-state index contributed by atoms with van der Waals surface area (Å²) >= 11 is 4.62. The number of anilines is 1. The van der Waals surface area contributed by atoms with Crippen LogP contribution < -0.4 is 16.1 Å². The largest absolute Gasteiger partial charge is 0.339 e. The average molecular weight is 618 g/mol. The van der Waals surface area contributed by atoms with Crippen LogP contribution in [0.3, 0.4) is 0 Å². The van der Waals surface area contributed by atoms with Crippen molar-refractivity contribution in [3.63, 3.8) is 0 Å². The van der Waals surface area contributed by atoms with Gasteiger partial charge in [-0.1, -0.05) is 12.0 Å². The summed E-state index contributed by atoms with van der Waals surface area (Å²) in [6.07, 6.45) is 0. The summed E-state index contributed by atoms with van der Waals surface area (Å²) in [6, 6.07) is 3.24. The molecule has 14 heteroatoms. The SMILES string of the molecule is CC#CCn1c(N2CCN(C(=O)c3csc(Br)n3)CC2)nc2c1c(=O)n(Cc1ccc(F)c(F)c1)c(=O)n2C. The van der Waals surface area contributed by atoms with Gasteiger partial charge >= 0.3 is 5.69 Å². The molecular weight excluding hydrogens is 596 g/mol. The van der Waals surface area contributed by atoms with E-state index in [2.05, 4.69) is 37.7 Å². The number of hydrogen-bond acceptors (Lipinski definition) is 7. The number of fused-ring (bicyclic) bond motifs is 1. The number of aromatic nitrogens is 5. The highest BCUT2D eigenvalue weighted by Crippen LogP contribution is 2.23. The van der Waals surface area contributed by atoms with Crippen molar-refractivity contribution in [2.45, 2.75) is 20.0 Å². The van der Waals surface area contributed by atoms with Crippen LogP contribution in [0.4, 0.5) is 14.7 Å². The molecule has 4 heterocycles. The molecule has 39 heavy (non-hydrogen) atoms. The van der Waals surface area contributed by atoms with Crippen molar-refractivity contribution < 1.29 is 13.6 Å². The first kappa shape index (κ1) is 26.8. The number of rotatable bonds is 5. The number of nitrogens with zero attached hydrogens (tertiary/aromatic N) is 7. The van der Waals surface area contributed by atoms with Gasteiger partial charge in [-0.15, -0.1) is 17.3 Å². The Morgan fingerprint density at radius 2 is 1.85 bits per heavy atom. The van der Waals surface area contributed by atoms with Gasteiger partial charge in [-0.3, -0.25) is 23.3 Å². The van der Waals surface area contributed by atoms with Crippen LogP contribution in [0, 0.1) is 23.5 Å². The van der Waals surface area contributed by atoms with Crippen LogP contribution >= 0.6 is 27.3 Å². The Morgan fingerprint density at radius 3 is 2.49 bits per heavy atom. The summed E-state index contributed by atoms with van der Waals surface area (Å²) < 4.78 is 31.7. The van der Waals surface area contributed by atoms with Gasteiger partial charge < -0.3 is 9.80 Å². The minimum atomic E-state index is -1.07. The van der Waals surface area contributed by atoms with Crippen molar-refractivity contribution in [2.24, 2.45) is 7.05 Å². The average Bonchev–Trinajstić information content (AvgIpc) is 3.54. The summed E-state index contributed by atoms with van der Waals surface area (Å²) in [7, 11) is 1.50. The first-order valence-corrected chi connectivity index (χ1v) is 13.6. The lowest BCUT2D eigenvalue weighted by molar-refractivity contribution is 0.0741. The van der Waals surface area contributed by atoms with Crippen LogP contribution in [0.25, 0.3) is 11.2 Å². The maximum absolute atomic E-state index is 13.8. The number of benzene rings is 1. The van der Waals surface area contributed by atoms with Crippen LogP contribution in [0.2, 0.25) is 0 Å². The molecule has 0 unspecified atom stereocenters. The number of amides is 1. The van der Waals surface area contributed by atoms with Gasteiger partial charge in [0.25, 0.3) is 11.5 Å². The summed E-state index contributed by atoms with van der Waals surface area (Å²) in [5.74, 6) is 3.99. The molecule has 202 valence electrons. The van der Waals surface area contributed by atoms with Gasteiger partial charge in [-0.25, -0.2) is 18.6 Å². The summed E-state index contributed by atoms with van der Waals surface area (Å²) in [5.41, 5.74) is -0.256. The second-order valence-corrected chi connectivity index (χ2v) is 11.0. The van der Waals surface area contributed by atoms with Crippen molar-refractivity contribution in [3.05, 3.63) is 71.2 Å². The number of halogens is 3. The molecule has 0 N–H and O–H groups in total. The number of piperazine rings is 1. The molecule has 3 aromatic heterocycles. The molecule has 1 aliphatic heterocycles. The smallest absolute Gasteiger partial charge is 0.332 e. The van der Waals surface area contributed by atoms with E-state index in [1.165, 1.54) is 29.0 Å². The zero-order valence-corrected chi connectivity index (χ0v) is 23.4. The third kappa shape index (κ3) is 4.99. The summed E-state index contributed by atoms with van der Waals surface area (Å²) in [6.45, 7) is 3.29. The van der Waals surface area contributed by atoms with E-state index < -0.39 is 22.9 Å². The number of thiazole rings is 1. The van der Waals surface area contributed by atoms with E-state index in [0.29, 0.717) is 41.7 Å². The molecule has 1 aliphatic rings. The zero-order valence-electron chi connectivity index (χ0n) is 20.9. The van der Waals surface area contributed by atoms with Gasteiger partial charge in [0.1, 0.15) is 5.69 Å². The quantitative estimate of drug-likeness (QED) is 0.319. The molecule has 0 spiro atoms. The topological polar surface area (TPSA) is 98.3 Å². The first-order valence-electron chi connectivity index (χ1n) is 11.9. The fraction of sp³-hybridized carbons (Fsp3) is 0.320. The fourth-order valence-corrected chi connectivity index (χ4v) is 5.48. The highest BCUT2D eigenvalue weighted by atomic mass is 79.9. The van der Waals surface area contributed by atoms with Gasteiger partial charge in [0.05, 0.1) is 13.1 Å². The van der Waals surface area contributed by atoms with Crippen LogP contribution in [-0.2, 0) is 20.1 Å². The van der Waals surface area contributed by atoms with Crippen LogP contribution in [0.1, 0.15) is 23.0 Å². The molecule has 1 aromatic carbocycles. The summed E-state index contributed by atoms with van der Waals surface area (Å²) in [5, 5.41) is 1.70. The Morgan fingerprint density at radius 1 is 1.10 bits per heavy atom. The van der Waals surface area contributed by atoms with E-state index in [1.54, 1.807) is 21.8 Å². The first-order chi connectivity index (χ1) is 18.7. The molecule has 4 aromatic rings. The zero-order chi connectivity index (χ0) is 27.8. The number of carbonyl (C=O) groups excluding carboxylic acids is 1. The van der Waals surface area contributed by atoms with E-state index >= 15 is 0 Å². The van der Waals surface area contributed by atoms with E-state index in [1.807, 2.05) is 4.90 Å². The highest BCUT2D eigenvalue weighted by molar-refractivity contribution is 9.11. The van der Waals surface area contributed by atoms with Gasteiger partial charge in [0, 0.05) is 38.6 Å². The molecule has 0 radical (unpaired) electrons. The molecule has 0 saturated carbocycles. The third-order valence-electron chi connectivity index (χ3n) is 6.50. The molecule has 1 amide bonds. The second-order valence-electron chi connectivity index (χ2n) is 8.84. The van der Waals surface area contributed by atoms with E-state index in [9.17, 15) is 23.2 Å². The highest BCUT2D eigenvalue weighted by Gasteiger charge is 2.28. The molecular formula is C25H22BrF2N7O3S. The van der Waals surface area contributed by atoms with Crippen LogP contribution in [-0.4, -0.2) is 60.7 Å². The minimum Gasteiger partial charge on any atom is -0.339 e. The number of carbonyl (C=O) groups is 1. The molecule has 0 bridgehead atoms. The maximum Gasteiger partial charge on any atom is 0.332 e. The van der Waals surface area contributed by atoms with Crippen molar-refractivity contribution >= 4 is 50.3 Å². The van der Waals surface area contributed by atoms with Crippen LogP contribution in [0.15, 0.2) is 37.1 Å². The molecule has 1 saturated heterocycles. The van der Waals surface area contributed by atoms with Crippen molar-refractivity contribution in [3.8, 4) is 11.8 Å². The Kier molecular flexibility index (Phi) is 7.37. The van der Waals surface area contributed by atoms with E-state index in [4.69, 9.17) is 0 Å². The lowest BCUT2D eigenvalue weighted by Gasteiger charge is -2.35. The van der Waals surface area contributed by atoms with E-state index in [0.717, 1.165) is 16.7 Å². The summed E-state index contributed by atoms with van der Waals surface area (Å²) in [4.78, 5) is 52.1. The fourth-order valence-electron chi connectivity index (χ4n) is 4.49. The number of aryl methyl sites for hydroxylation is 1. The Labute approximate surface area is 233 Å². The van der Waals surface area contributed by atoms with E-state index in [-0.39, 0.29) is 35.7 Å². The third-order valence-corrected chi connectivity index (χ3v) is 7.86. The standard InChI is InChI=1S/C25H22BrF2N7O3S/c1-3-4-7-34-19-20(31(2)25(38)35(22(19)37)13-15-5-6-16(27)17(28)12-15)30-24(34)33-10-8-32(9-11-33)21(36)18-14-39-23(26)29-18/h5-6,12,14H,7-11,13H2,1-2H3. The van der Waals surface area contributed by atoms with Gasteiger partial charge in [-0.2, -0.15) is 4.98 Å². The number of hydrogen-bond donors (Lipinski definition) is 0. The predicted octanol–water partition coefficient (Wildman–Crippen LogP) is 2.43. The Bertz CT molecular complexity index is 1770. The van der Waals surface area contributed by atoms with Gasteiger partial charge in [-0.05, 0) is 40.5 Å². The molecule has 0 atom stereocenters. The minimum absolute atomic E-state index is 0.146. The normalized spacial score (nSPS) is 13.6. The Hall–Kier alpha value is -3.83. The lowest BCUT2D eigenvalue weighted by Crippen LogP contribution is -2.49. The van der Waals surface area contributed by atoms with Crippen molar-refractivity contribution in [1.82, 2.24) is 28.6 Å². The van der Waals surface area contributed by atoms with Crippen molar-refractivity contribution in [1.29, 1.82) is 0 Å². The molecule has 5 rings (SSSR count). The number of imidazole rings is 1. The predicted molar refractivity (Wildman–Crippen MR) is 146 cm³/mol. The van der Waals surface area contributed by atoms with Crippen LogP contribution in [0.5, 0.6) is 0 Å². The molecule has 10 nitrogen and oxygen atoms in total. The Balaban J connectivity index is 1.52. The molecule has 1 fully saturated rings. The second kappa shape index (κ2) is 10.7. The molecule has 0 aliphatic carbocycles. The lowest BCUT2D eigenvalue weighted by atomic mass is 10.2.